The summed E-state index contributed by atoms with van der Waals surface area (Å²) in [6.45, 7) is 0.580. The number of carbonyl (C=O) groups is 1. The zero-order valence-corrected chi connectivity index (χ0v) is 15.1. The smallest absolute Gasteiger partial charge is 0.274 e. The van der Waals surface area contributed by atoms with Gasteiger partial charge >= 0.3 is 0 Å². The summed E-state index contributed by atoms with van der Waals surface area (Å²) in [5.41, 5.74) is 1.18. The highest BCUT2D eigenvalue weighted by Crippen LogP contribution is 2.38. The van der Waals surface area contributed by atoms with Gasteiger partial charge in [0.15, 0.2) is 15.0 Å². The Morgan fingerprint density at radius 1 is 1.33 bits per heavy atom. The molecular weight excluding hydrogens is 348 g/mol. The largest absolute Gasteiger partial charge is 0.375 e. The van der Waals surface area contributed by atoms with E-state index < -0.39 is 9.84 Å². The van der Waals surface area contributed by atoms with Crippen LogP contribution in [0.4, 0.5) is 0 Å². The van der Waals surface area contributed by atoms with Gasteiger partial charge in [0.25, 0.3) is 5.91 Å². The van der Waals surface area contributed by atoms with Gasteiger partial charge in [-0.1, -0.05) is 42.1 Å². The monoisotopic (exact) mass is 368 g/mol. The maximum Gasteiger partial charge on any atom is 0.274 e. The van der Waals surface area contributed by atoms with Crippen LogP contribution in [0, 0.1) is 0 Å². The normalized spacial score (nSPS) is 26.7. The Hall–Kier alpha value is -1.38. The minimum absolute atomic E-state index is 0.0418. The molecule has 1 aromatic rings. The minimum atomic E-state index is -3.01. The van der Waals surface area contributed by atoms with Crippen LogP contribution in [-0.4, -0.2) is 67.5 Å². The minimum Gasteiger partial charge on any atom is -0.375 e. The molecule has 0 radical (unpaired) electrons. The van der Waals surface area contributed by atoms with E-state index in [4.69, 9.17) is 4.74 Å². The highest BCUT2D eigenvalue weighted by molar-refractivity contribution is 8.15. The Morgan fingerprint density at radius 2 is 2.08 bits per heavy atom. The fourth-order valence-corrected chi connectivity index (χ4v) is 7.05. The molecule has 6 nitrogen and oxygen atoms in total. The van der Waals surface area contributed by atoms with Crippen LogP contribution < -0.4 is 0 Å². The molecule has 0 N–H and O–H groups in total. The fraction of sp³-hybridized carbons (Fsp3) is 0.500. The average Bonchev–Trinajstić information content (AvgIpc) is 2.98. The molecular formula is C16H20N2O4S2. The van der Waals surface area contributed by atoms with Crippen molar-refractivity contribution in [2.45, 2.75) is 17.7 Å². The van der Waals surface area contributed by atoms with Crippen molar-refractivity contribution in [2.24, 2.45) is 4.99 Å². The van der Waals surface area contributed by atoms with E-state index in [1.54, 1.807) is 0 Å². The van der Waals surface area contributed by atoms with Gasteiger partial charge in [-0.2, -0.15) is 4.99 Å². The number of hydrogen-bond acceptors (Lipinski definition) is 5. The first kappa shape index (κ1) is 17.4. The molecule has 2 atom stereocenters. The van der Waals surface area contributed by atoms with Crippen molar-refractivity contribution in [1.29, 1.82) is 0 Å². The van der Waals surface area contributed by atoms with Crippen LogP contribution in [-0.2, 0) is 25.8 Å². The first-order valence-corrected chi connectivity index (χ1v) is 10.5. The predicted molar refractivity (Wildman–Crippen MR) is 95.0 cm³/mol. The van der Waals surface area contributed by atoms with E-state index in [9.17, 15) is 13.2 Å². The second kappa shape index (κ2) is 7.25. The quantitative estimate of drug-likeness (QED) is 0.771. The van der Waals surface area contributed by atoms with Crippen molar-refractivity contribution < 1.29 is 17.9 Å². The summed E-state index contributed by atoms with van der Waals surface area (Å²) in [7, 11) is -1.56. The molecule has 1 amide bonds. The number of amides is 1. The summed E-state index contributed by atoms with van der Waals surface area (Å²) in [5.74, 6) is -0.0500. The molecule has 2 fully saturated rings. The van der Waals surface area contributed by atoms with E-state index in [2.05, 4.69) is 4.99 Å². The second-order valence-electron chi connectivity index (χ2n) is 5.95. The van der Waals surface area contributed by atoms with E-state index in [-0.39, 0.29) is 35.3 Å². The number of ether oxygens (including phenoxy) is 1. The van der Waals surface area contributed by atoms with E-state index >= 15 is 0 Å². The third-order valence-electron chi connectivity index (χ3n) is 4.15. The molecule has 0 aliphatic carbocycles. The Labute approximate surface area is 146 Å². The lowest BCUT2D eigenvalue weighted by atomic mass is 10.1. The molecule has 2 unspecified atom stereocenters. The number of hydrogen-bond donors (Lipinski definition) is 0. The molecule has 0 aromatic heterocycles. The highest BCUT2D eigenvalue weighted by atomic mass is 32.2. The van der Waals surface area contributed by atoms with E-state index in [0.717, 1.165) is 6.42 Å². The number of methoxy groups -OCH3 is 1. The molecule has 8 heteroatoms. The molecule has 2 heterocycles. The van der Waals surface area contributed by atoms with Crippen LogP contribution in [0.2, 0.25) is 0 Å². The summed E-state index contributed by atoms with van der Waals surface area (Å²) >= 11 is 1.40. The van der Waals surface area contributed by atoms with Gasteiger partial charge in [-0.3, -0.25) is 4.79 Å². The van der Waals surface area contributed by atoms with Crippen LogP contribution in [0.1, 0.15) is 5.56 Å². The van der Waals surface area contributed by atoms with Crippen molar-refractivity contribution in [3.8, 4) is 0 Å². The topological polar surface area (TPSA) is 76.0 Å². The van der Waals surface area contributed by atoms with Gasteiger partial charge in [0, 0.05) is 18.9 Å². The number of carbonyl (C=O) groups excluding carboxylic acids is 1. The van der Waals surface area contributed by atoms with Crippen LogP contribution in [0.3, 0.4) is 0 Å². The SMILES string of the molecule is COCC(=O)N=C1SC2CS(=O)(=O)CC2N1CCc1ccccc1. The van der Waals surface area contributed by atoms with Crippen molar-refractivity contribution in [2.75, 3.05) is 31.8 Å². The van der Waals surface area contributed by atoms with Crippen molar-refractivity contribution in [1.82, 2.24) is 4.90 Å². The predicted octanol–water partition coefficient (Wildman–Crippen LogP) is 0.973. The molecule has 24 heavy (non-hydrogen) atoms. The van der Waals surface area contributed by atoms with Crippen molar-refractivity contribution in [3.63, 3.8) is 0 Å². The number of aliphatic imine (C=N–C) groups is 1. The molecule has 3 rings (SSSR count). The van der Waals surface area contributed by atoms with Gasteiger partial charge in [0.1, 0.15) is 6.61 Å². The Bertz CT molecular complexity index is 734. The number of thioether (sulfide) groups is 1. The van der Waals surface area contributed by atoms with Crippen LogP contribution in [0.5, 0.6) is 0 Å². The molecule has 130 valence electrons. The van der Waals surface area contributed by atoms with Crippen LogP contribution in [0.15, 0.2) is 35.3 Å². The highest BCUT2D eigenvalue weighted by Gasteiger charge is 2.48. The molecule has 1 aromatic carbocycles. The molecule has 2 saturated heterocycles. The lowest BCUT2D eigenvalue weighted by Gasteiger charge is -2.24. The third-order valence-corrected chi connectivity index (χ3v) is 7.39. The van der Waals surface area contributed by atoms with Gasteiger partial charge < -0.3 is 9.64 Å². The molecule has 0 spiro atoms. The van der Waals surface area contributed by atoms with Gasteiger partial charge in [-0.05, 0) is 12.0 Å². The zero-order chi connectivity index (χ0) is 17.2. The number of rotatable bonds is 5. The number of fused-ring (bicyclic) bond motifs is 1. The van der Waals surface area contributed by atoms with Gasteiger partial charge in [0.05, 0.1) is 17.5 Å². The first-order valence-electron chi connectivity index (χ1n) is 7.76. The number of benzene rings is 1. The van der Waals surface area contributed by atoms with E-state index in [0.29, 0.717) is 11.7 Å². The molecule has 2 aliphatic rings. The Kier molecular flexibility index (Phi) is 5.27. The van der Waals surface area contributed by atoms with Gasteiger partial charge in [-0.25, -0.2) is 8.42 Å². The Morgan fingerprint density at radius 3 is 2.79 bits per heavy atom. The Balaban J connectivity index is 1.77. The fourth-order valence-electron chi connectivity index (χ4n) is 3.05. The van der Waals surface area contributed by atoms with E-state index in [1.165, 1.54) is 24.4 Å². The summed E-state index contributed by atoms with van der Waals surface area (Å²) in [4.78, 5) is 17.9. The maximum absolute atomic E-state index is 11.9. The lowest BCUT2D eigenvalue weighted by Crippen LogP contribution is -2.39. The van der Waals surface area contributed by atoms with Crippen LogP contribution >= 0.6 is 11.8 Å². The molecule has 0 saturated carbocycles. The summed E-state index contributed by atoms with van der Waals surface area (Å²) in [6.07, 6.45) is 0.780. The standard InChI is InChI=1S/C16H20N2O4S2/c1-22-9-15(19)17-16-18(8-7-12-5-3-2-4-6-12)13-10-24(20,21)11-14(13)23-16/h2-6,13-14H,7-11H2,1H3. The number of nitrogens with zero attached hydrogens (tertiary/aromatic N) is 2. The summed E-state index contributed by atoms with van der Waals surface area (Å²) in [5, 5.41) is 0.581. The van der Waals surface area contributed by atoms with Crippen LogP contribution in [0.25, 0.3) is 0 Å². The summed E-state index contributed by atoms with van der Waals surface area (Å²) < 4.78 is 28.7. The average molecular weight is 368 g/mol. The van der Waals surface area contributed by atoms with Gasteiger partial charge in [0.2, 0.25) is 0 Å². The summed E-state index contributed by atoms with van der Waals surface area (Å²) in [6, 6.07) is 9.91. The number of amidine groups is 1. The molecule has 0 bridgehead atoms. The van der Waals surface area contributed by atoms with E-state index in [1.807, 2.05) is 35.2 Å². The zero-order valence-electron chi connectivity index (χ0n) is 13.4. The first-order chi connectivity index (χ1) is 11.5. The van der Waals surface area contributed by atoms with Crippen molar-refractivity contribution >= 4 is 32.7 Å². The molecule has 2 aliphatic heterocycles. The maximum atomic E-state index is 11.9. The second-order valence-corrected chi connectivity index (χ2v) is 9.31. The third kappa shape index (κ3) is 3.99. The van der Waals surface area contributed by atoms with Gasteiger partial charge in [-0.15, -0.1) is 0 Å². The lowest BCUT2D eigenvalue weighted by molar-refractivity contribution is -0.121. The van der Waals surface area contributed by atoms with Crippen molar-refractivity contribution in [3.05, 3.63) is 35.9 Å². The number of sulfone groups is 1.